The summed E-state index contributed by atoms with van der Waals surface area (Å²) in [7, 11) is -3.59. The van der Waals surface area contributed by atoms with Crippen molar-refractivity contribution in [3.8, 4) is 0 Å². The summed E-state index contributed by atoms with van der Waals surface area (Å²) >= 11 is 5.80. The van der Waals surface area contributed by atoms with Crippen molar-refractivity contribution < 1.29 is 13.5 Å². The Bertz CT molecular complexity index is 506. The van der Waals surface area contributed by atoms with Crippen LogP contribution in [-0.2, 0) is 16.6 Å². The number of aliphatic hydroxyl groups excluding tert-OH is 1. The molecule has 0 unspecified atom stereocenters. The van der Waals surface area contributed by atoms with Crippen LogP contribution in [-0.4, -0.2) is 19.1 Å². The SMILES string of the molecule is CC(C)(C)NS(=O)(=O)c1ccc(Cl)c(CO)c1. The molecule has 2 N–H and O–H groups in total. The smallest absolute Gasteiger partial charge is 0.241 e. The lowest BCUT2D eigenvalue weighted by Crippen LogP contribution is -2.40. The Labute approximate surface area is 107 Å². The van der Waals surface area contributed by atoms with Crippen LogP contribution in [0.15, 0.2) is 23.1 Å². The summed E-state index contributed by atoms with van der Waals surface area (Å²) in [4.78, 5) is 0.0980. The van der Waals surface area contributed by atoms with Gasteiger partial charge in [0.05, 0.1) is 11.5 Å². The summed E-state index contributed by atoms with van der Waals surface area (Å²) in [6.45, 7) is 4.98. The second kappa shape index (κ2) is 4.94. The number of hydrogen-bond donors (Lipinski definition) is 2. The molecule has 0 aliphatic rings. The number of rotatable bonds is 3. The van der Waals surface area contributed by atoms with E-state index >= 15 is 0 Å². The van der Waals surface area contributed by atoms with Crippen molar-refractivity contribution in [3.63, 3.8) is 0 Å². The number of aliphatic hydroxyl groups is 1. The fourth-order valence-corrected chi connectivity index (χ4v) is 2.95. The maximum atomic E-state index is 12.0. The average Bonchev–Trinajstić information content (AvgIpc) is 2.14. The van der Waals surface area contributed by atoms with E-state index in [1.54, 1.807) is 20.8 Å². The number of hydrogen-bond acceptors (Lipinski definition) is 3. The normalized spacial score (nSPS) is 12.8. The van der Waals surface area contributed by atoms with Gasteiger partial charge in [-0.15, -0.1) is 0 Å². The summed E-state index contributed by atoms with van der Waals surface area (Å²) in [5.41, 5.74) is -0.166. The number of benzene rings is 1. The second-order valence-electron chi connectivity index (χ2n) is 4.77. The Balaban J connectivity index is 3.16. The van der Waals surface area contributed by atoms with Gasteiger partial charge in [0.2, 0.25) is 10.0 Å². The van der Waals surface area contributed by atoms with Crippen molar-refractivity contribution in [1.29, 1.82) is 0 Å². The third kappa shape index (κ3) is 3.96. The van der Waals surface area contributed by atoms with Gasteiger partial charge in [0.15, 0.2) is 0 Å². The van der Waals surface area contributed by atoms with Gasteiger partial charge in [0.25, 0.3) is 0 Å². The highest BCUT2D eigenvalue weighted by Gasteiger charge is 2.22. The van der Waals surface area contributed by atoms with Gasteiger partial charge in [-0.1, -0.05) is 11.6 Å². The van der Waals surface area contributed by atoms with E-state index in [-0.39, 0.29) is 11.5 Å². The molecule has 0 aliphatic carbocycles. The molecular formula is C11H16ClNO3S. The van der Waals surface area contributed by atoms with Crippen LogP contribution in [0.25, 0.3) is 0 Å². The zero-order chi connectivity index (χ0) is 13.3. The maximum Gasteiger partial charge on any atom is 0.241 e. The van der Waals surface area contributed by atoms with E-state index in [0.717, 1.165) is 0 Å². The summed E-state index contributed by atoms with van der Waals surface area (Å²) in [5.74, 6) is 0. The van der Waals surface area contributed by atoms with Crippen molar-refractivity contribution in [3.05, 3.63) is 28.8 Å². The molecule has 17 heavy (non-hydrogen) atoms. The highest BCUT2D eigenvalue weighted by molar-refractivity contribution is 7.89. The first-order chi connectivity index (χ1) is 7.65. The predicted octanol–water partition coefficient (Wildman–Crippen LogP) is 1.91. The fourth-order valence-electron chi connectivity index (χ4n) is 1.30. The van der Waals surface area contributed by atoms with Crippen LogP contribution in [0.4, 0.5) is 0 Å². The van der Waals surface area contributed by atoms with Gasteiger partial charge < -0.3 is 5.11 Å². The third-order valence-electron chi connectivity index (χ3n) is 1.94. The topological polar surface area (TPSA) is 66.4 Å². The van der Waals surface area contributed by atoms with E-state index < -0.39 is 15.6 Å². The number of sulfonamides is 1. The Morgan fingerprint density at radius 1 is 1.35 bits per heavy atom. The Morgan fingerprint density at radius 2 is 1.94 bits per heavy atom. The van der Waals surface area contributed by atoms with Gasteiger partial charge in [0.1, 0.15) is 0 Å². The van der Waals surface area contributed by atoms with Gasteiger partial charge in [-0.2, -0.15) is 0 Å². The van der Waals surface area contributed by atoms with Crippen molar-refractivity contribution in [2.45, 2.75) is 37.8 Å². The van der Waals surface area contributed by atoms with Crippen molar-refractivity contribution in [2.24, 2.45) is 0 Å². The molecule has 0 spiro atoms. The van der Waals surface area contributed by atoms with E-state index in [9.17, 15) is 8.42 Å². The van der Waals surface area contributed by atoms with Gasteiger partial charge in [-0.3, -0.25) is 0 Å². The lowest BCUT2D eigenvalue weighted by molar-refractivity contribution is 0.281. The van der Waals surface area contributed by atoms with Gasteiger partial charge in [-0.25, -0.2) is 13.1 Å². The molecule has 0 atom stereocenters. The van der Waals surface area contributed by atoms with Gasteiger partial charge >= 0.3 is 0 Å². The number of nitrogens with one attached hydrogen (secondary N) is 1. The molecule has 96 valence electrons. The molecule has 4 nitrogen and oxygen atoms in total. The monoisotopic (exact) mass is 277 g/mol. The molecule has 1 aromatic carbocycles. The van der Waals surface area contributed by atoms with E-state index in [1.165, 1.54) is 18.2 Å². The predicted molar refractivity (Wildman–Crippen MR) is 67.4 cm³/mol. The van der Waals surface area contributed by atoms with Crippen LogP contribution in [0.2, 0.25) is 5.02 Å². The zero-order valence-electron chi connectivity index (χ0n) is 9.99. The molecule has 0 fully saturated rings. The molecule has 0 saturated heterocycles. The quantitative estimate of drug-likeness (QED) is 0.887. The first-order valence-electron chi connectivity index (χ1n) is 5.09. The van der Waals surface area contributed by atoms with Crippen molar-refractivity contribution in [2.75, 3.05) is 0 Å². The van der Waals surface area contributed by atoms with Crippen LogP contribution in [0.3, 0.4) is 0 Å². The van der Waals surface area contributed by atoms with Crippen LogP contribution < -0.4 is 4.72 Å². The van der Waals surface area contributed by atoms with Crippen LogP contribution in [0, 0.1) is 0 Å². The largest absolute Gasteiger partial charge is 0.392 e. The highest BCUT2D eigenvalue weighted by atomic mass is 35.5. The minimum atomic E-state index is -3.59. The first kappa shape index (κ1) is 14.4. The lowest BCUT2D eigenvalue weighted by Gasteiger charge is -2.20. The van der Waals surface area contributed by atoms with Crippen LogP contribution in [0.1, 0.15) is 26.3 Å². The minimum Gasteiger partial charge on any atom is -0.392 e. The third-order valence-corrected chi connectivity index (χ3v) is 4.06. The standard InChI is InChI=1S/C11H16ClNO3S/c1-11(2,3)13-17(15,16)9-4-5-10(12)8(6-9)7-14/h4-6,13-14H,7H2,1-3H3. The molecule has 0 heterocycles. The summed E-state index contributed by atoms with van der Waals surface area (Å²) in [5, 5.41) is 9.39. The zero-order valence-corrected chi connectivity index (χ0v) is 11.6. The number of halogens is 1. The van der Waals surface area contributed by atoms with E-state index in [0.29, 0.717) is 10.6 Å². The van der Waals surface area contributed by atoms with Crippen LogP contribution >= 0.6 is 11.6 Å². The minimum absolute atomic E-state index is 0.0980. The molecule has 6 heteroatoms. The van der Waals surface area contributed by atoms with Crippen molar-refractivity contribution >= 4 is 21.6 Å². The van der Waals surface area contributed by atoms with E-state index in [4.69, 9.17) is 16.7 Å². The van der Waals surface area contributed by atoms with Gasteiger partial charge in [-0.05, 0) is 44.5 Å². The summed E-state index contributed by atoms with van der Waals surface area (Å²) in [6.07, 6.45) is 0. The van der Waals surface area contributed by atoms with E-state index in [2.05, 4.69) is 4.72 Å². The molecule has 0 amide bonds. The van der Waals surface area contributed by atoms with E-state index in [1.807, 2.05) is 0 Å². The maximum absolute atomic E-state index is 12.0. The summed E-state index contributed by atoms with van der Waals surface area (Å²) < 4.78 is 26.5. The molecule has 0 radical (unpaired) electrons. The Kier molecular flexibility index (Phi) is 4.19. The average molecular weight is 278 g/mol. The van der Waals surface area contributed by atoms with Gasteiger partial charge in [0, 0.05) is 10.6 Å². The second-order valence-corrected chi connectivity index (χ2v) is 6.86. The molecule has 1 rings (SSSR count). The molecule has 0 aromatic heterocycles. The molecular weight excluding hydrogens is 262 g/mol. The Hall–Kier alpha value is -0.620. The first-order valence-corrected chi connectivity index (χ1v) is 6.95. The molecule has 0 saturated carbocycles. The fraction of sp³-hybridized carbons (Fsp3) is 0.455. The molecule has 1 aromatic rings. The highest BCUT2D eigenvalue weighted by Crippen LogP contribution is 2.21. The molecule has 0 aliphatic heterocycles. The summed E-state index contributed by atoms with van der Waals surface area (Å²) in [6, 6.07) is 4.25. The lowest BCUT2D eigenvalue weighted by atomic mass is 10.1. The molecule has 0 bridgehead atoms. The van der Waals surface area contributed by atoms with Crippen LogP contribution in [0.5, 0.6) is 0 Å². The Morgan fingerprint density at radius 3 is 2.41 bits per heavy atom. The van der Waals surface area contributed by atoms with Crippen molar-refractivity contribution in [1.82, 2.24) is 4.72 Å².